The second kappa shape index (κ2) is 6.64. The molecule has 0 saturated carbocycles. The van der Waals surface area contributed by atoms with Crippen molar-refractivity contribution in [3.8, 4) is 0 Å². The standard InChI is InChI=1S/C19H20ClNO/c20-18(22)19(17-9-5-2-6-10-17)11-13-21(14-12-19)15-16-7-3-1-4-8-16/h1-10H,11-15H2. The molecule has 114 valence electrons. The first-order valence-electron chi connectivity index (χ1n) is 7.72. The van der Waals surface area contributed by atoms with Crippen LogP contribution in [0.3, 0.4) is 0 Å². The number of carbonyl (C=O) groups excluding carboxylic acids is 1. The van der Waals surface area contributed by atoms with Gasteiger partial charge < -0.3 is 0 Å². The molecule has 0 unspecified atom stereocenters. The molecule has 0 aliphatic carbocycles. The fourth-order valence-corrected chi connectivity index (χ4v) is 3.59. The minimum absolute atomic E-state index is 0.224. The fourth-order valence-electron chi connectivity index (χ4n) is 3.29. The first kappa shape index (κ1) is 15.3. The largest absolute Gasteiger partial charge is 0.299 e. The summed E-state index contributed by atoms with van der Waals surface area (Å²) in [5.41, 5.74) is 1.84. The normalized spacial score (nSPS) is 18.0. The lowest BCUT2D eigenvalue weighted by Gasteiger charge is -2.39. The van der Waals surface area contributed by atoms with Gasteiger partial charge >= 0.3 is 0 Å². The van der Waals surface area contributed by atoms with Crippen molar-refractivity contribution in [1.82, 2.24) is 4.90 Å². The maximum absolute atomic E-state index is 12.1. The van der Waals surface area contributed by atoms with Crippen molar-refractivity contribution in [1.29, 1.82) is 0 Å². The van der Waals surface area contributed by atoms with Gasteiger partial charge in [-0.1, -0.05) is 60.7 Å². The van der Waals surface area contributed by atoms with Crippen molar-refractivity contribution >= 4 is 16.8 Å². The second-order valence-corrected chi connectivity index (χ2v) is 6.33. The maximum Gasteiger partial charge on any atom is 0.232 e. The van der Waals surface area contributed by atoms with Gasteiger partial charge in [0.2, 0.25) is 5.24 Å². The first-order chi connectivity index (χ1) is 10.7. The van der Waals surface area contributed by atoms with Crippen LogP contribution in [0, 0.1) is 0 Å². The van der Waals surface area contributed by atoms with Crippen LogP contribution in [-0.2, 0) is 16.8 Å². The minimum atomic E-state index is -0.518. The zero-order valence-electron chi connectivity index (χ0n) is 12.5. The van der Waals surface area contributed by atoms with E-state index >= 15 is 0 Å². The highest BCUT2D eigenvalue weighted by molar-refractivity contribution is 6.65. The highest BCUT2D eigenvalue weighted by atomic mass is 35.5. The van der Waals surface area contributed by atoms with E-state index in [0.29, 0.717) is 0 Å². The number of rotatable bonds is 4. The average molecular weight is 314 g/mol. The third-order valence-corrected chi connectivity index (χ3v) is 5.02. The minimum Gasteiger partial charge on any atom is -0.299 e. The summed E-state index contributed by atoms with van der Waals surface area (Å²) in [4.78, 5) is 14.5. The predicted octanol–water partition coefficient (Wildman–Crippen LogP) is 3.99. The Morgan fingerprint density at radius 2 is 1.50 bits per heavy atom. The summed E-state index contributed by atoms with van der Waals surface area (Å²) in [5, 5.41) is -0.224. The van der Waals surface area contributed by atoms with E-state index in [1.165, 1.54) is 5.56 Å². The van der Waals surface area contributed by atoms with Crippen LogP contribution in [0.2, 0.25) is 0 Å². The van der Waals surface area contributed by atoms with Gasteiger partial charge in [0.15, 0.2) is 0 Å². The summed E-state index contributed by atoms with van der Waals surface area (Å²) < 4.78 is 0. The maximum atomic E-state index is 12.1. The highest BCUT2D eigenvalue weighted by Gasteiger charge is 2.41. The van der Waals surface area contributed by atoms with Gasteiger partial charge in [-0.05, 0) is 48.7 Å². The number of benzene rings is 2. The van der Waals surface area contributed by atoms with E-state index in [-0.39, 0.29) is 5.24 Å². The van der Waals surface area contributed by atoms with Crippen molar-refractivity contribution in [2.75, 3.05) is 13.1 Å². The predicted molar refractivity (Wildman–Crippen MR) is 89.9 cm³/mol. The summed E-state index contributed by atoms with van der Waals surface area (Å²) in [6.45, 7) is 2.71. The summed E-state index contributed by atoms with van der Waals surface area (Å²) >= 11 is 6.00. The van der Waals surface area contributed by atoms with Crippen LogP contribution in [0.15, 0.2) is 60.7 Å². The third kappa shape index (κ3) is 3.08. The molecule has 3 heteroatoms. The number of halogens is 1. The summed E-state index contributed by atoms with van der Waals surface area (Å²) in [6, 6.07) is 20.4. The van der Waals surface area contributed by atoms with Gasteiger partial charge in [0.25, 0.3) is 0 Å². The zero-order valence-corrected chi connectivity index (χ0v) is 13.3. The van der Waals surface area contributed by atoms with Gasteiger partial charge in [-0.15, -0.1) is 0 Å². The van der Waals surface area contributed by atoms with E-state index in [9.17, 15) is 4.79 Å². The molecule has 2 aromatic rings. The van der Waals surface area contributed by atoms with Gasteiger partial charge in [-0.2, -0.15) is 0 Å². The molecule has 2 aromatic carbocycles. The van der Waals surface area contributed by atoms with Gasteiger partial charge in [0, 0.05) is 6.54 Å². The molecule has 22 heavy (non-hydrogen) atoms. The van der Waals surface area contributed by atoms with Crippen molar-refractivity contribution in [3.63, 3.8) is 0 Å². The molecule has 1 fully saturated rings. The number of hydrogen-bond acceptors (Lipinski definition) is 2. The zero-order chi connectivity index (χ0) is 15.4. The third-order valence-electron chi connectivity index (χ3n) is 4.66. The molecular formula is C19H20ClNO. The Kier molecular flexibility index (Phi) is 4.60. The lowest BCUT2D eigenvalue weighted by molar-refractivity contribution is -0.118. The van der Waals surface area contributed by atoms with Crippen LogP contribution in [0.25, 0.3) is 0 Å². The van der Waals surface area contributed by atoms with Crippen LogP contribution in [0.4, 0.5) is 0 Å². The van der Waals surface area contributed by atoms with E-state index in [1.54, 1.807) is 0 Å². The van der Waals surface area contributed by atoms with Crippen LogP contribution >= 0.6 is 11.6 Å². The Balaban J connectivity index is 1.72. The van der Waals surface area contributed by atoms with Crippen molar-refractivity contribution < 1.29 is 4.79 Å². The molecule has 1 heterocycles. The molecule has 0 amide bonds. The molecule has 1 saturated heterocycles. The highest BCUT2D eigenvalue weighted by Crippen LogP contribution is 2.37. The lowest BCUT2D eigenvalue weighted by atomic mass is 9.74. The Bertz CT molecular complexity index is 618. The fraction of sp³-hybridized carbons (Fsp3) is 0.316. The number of piperidine rings is 1. The molecule has 1 aliphatic rings. The smallest absolute Gasteiger partial charge is 0.232 e. The van der Waals surface area contributed by atoms with E-state index in [1.807, 2.05) is 36.4 Å². The number of carbonyl (C=O) groups is 1. The summed E-state index contributed by atoms with van der Waals surface area (Å²) in [5.74, 6) is 0. The van der Waals surface area contributed by atoms with Gasteiger partial charge in [-0.25, -0.2) is 0 Å². The van der Waals surface area contributed by atoms with Gasteiger partial charge in [0.05, 0.1) is 5.41 Å². The van der Waals surface area contributed by atoms with Gasteiger partial charge in [0.1, 0.15) is 0 Å². The summed E-state index contributed by atoms with van der Waals surface area (Å²) in [6.07, 6.45) is 1.57. The molecule has 0 N–H and O–H groups in total. The van der Waals surface area contributed by atoms with E-state index in [2.05, 4.69) is 29.2 Å². The van der Waals surface area contributed by atoms with E-state index in [0.717, 1.165) is 38.0 Å². The van der Waals surface area contributed by atoms with Crippen LogP contribution in [0.5, 0.6) is 0 Å². The van der Waals surface area contributed by atoms with Crippen molar-refractivity contribution in [2.24, 2.45) is 0 Å². The lowest BCUT2D eigenvalue weighted by Crippen LogP contribution is -2.45. The number of nitrogens with zero attached hydrogens (tertiary/aromatic N) is 1. The second-order valence-electron chi connectivity index (χ2n) is 5.98. The number of hydrogen-bond donors (Lipinski definition) is 0. The molecular weight excluding hydrogens is 294 g/mol. The Hall–Kier alpha value is -1.64. The topological polar surface area (TPSA) is 20.3 Å². The molecule has 0 radical (unpaired) electrons. The SMILES string of the molecule is O=C(Cl)C1(c2ccccc2)CCN(Cc2ccccc2)CC1. The van der Waals surface area contributed by atoms with E-state index < -0.39 is 5.41 Å². The van der Waals surface area contributed by atoms with Crippen LogP contribution in [-0.4, -0.2) is 23.2 Å². The molecule has 1 aliphatic heterocycles. The van der Waals surface area contributed by atoms with Crippen LogP contribution < -0.4 is 0 Å². The number of likely N-dealkylation sites (tertiary alicyclic amines) is 1. The quantitative estimate of drug-likeness (QED) is 0.796. The molecule has 0 spiro atoms. The van der Waals surface area contributed by atoms with Gasteiger partial charge in [-0.3, -0.25) is 9.69 Å². The molecule has 3 rings (SSSR count). The molecule has 2 nitrogen and oxygen atoms in total. The van der Waals surface area contributed by atoms with Crippen molar-refractivity contribution in [3.05, 3.63) is 71.8 Å². The van der Waals surface area contributed by atoms with E-state index in [4.69, 9.17) is 11.6 Å². The average Bonchev–Trinajstić information content (AvgIpc) is 2.57. The molecule has 0 bridgehead atoms. The Labute approximate surface area is 136 Å². The monoisotopic (exact) mass is 313 g/mol. The van der Waals surface area contributed by atoms with Crippen molar-refractivity contribution in [2.45, 2.75) is 24.8 Å². The molecule has 0 atom stereocenters. The Morgan fingerprint density at radius 1 is 0.955 bits per heavy atom. The molecule has 0 aromatic heterocycles. The van der Waals surface area contributed by atoms with Crippen LogP contribution in [0.1, 0.15) is 24.0 Å². The first-order valence-corrected chi connectivity index (χ1v) is 8.10. The Morgan fingerprint density at radius 3 is 2.05 bits per heavy atom. The summed E-state index contributed by atoms with van der Waals surface area (Å²) in [7, 11) is 0.